The number of nitrogens with one attached hydrogen (secondary N) is 1. The summed E-state index contributed by atoms with van der Waals surface area (Å²) in [5.74, 6) is -0.555. The Bertz CT molecular complexity index is 941. The fourth-order valence-corrected chi connectivity index (χ4v) is 3.58. The number of hydrogen-bond acceptors (Lipinski definition) is 4. The number of halogens is 3. The lowest BCUT2D eigenvalue weighted by Gasteiger charge is -2.14. The van der Waals surface area contributed by atoms with Crippen LogP contribution in [-0.4, -0.2) is 38.2 Å². The molecule has 146 valence electrons. The van der Waals surface area contributed by atoms with E-state index in [1.165, 1.54) is 50.5 Å². The Morgan fingerprint density at radius 1 is 1.07 bits per heavy atom. The van der Waals surface area contributed by atoms with E-state index in [1.54, 1.807) is 13.0 Å². The Morgan fingerprint density at radius 3 is 2.19 bits per heavy atom. The van der Waals surface area contributed by atoms with Crippen molar-refractivity contribution >= 4 is 33.4 Å². The standard InChI is InChI=1S/C17H17F3N2O3S2/c1-11-4-9-14(27(24,25)22(2)3)10-15(11)21-16(23)12-5-7-13(8-6-12)26-17(18,19)20/h4-10H,1-3H3,(H,21,23). The Kier molecular flexibility index (Phi) is 6.23. The molecule has 27 heavy (non-hydrogen) atoms. The van der Waals surface area contributed by atoms with Gasteiger partial charge >= 0.3 is 5.51 Å². The van der Waals surface area contributed by atoms with Crippen molar-refractivity contribution in [3.63, 3.8) is 0 Å². The van der Waals surface area contributed by atoms with Crippen molar-refractivity contribution in [1.29, 1.82) is 0 Å². The summed E-state index contributed by atoms with van der Waals surface area (Å²) in [6, 6.07) is 9.30. The molecule has 0 fully saturated rings. The van der Waals surface area contributed by atoms with Crippen LogP contribution in [0.15, 0.2) is 52.3 Å². The van der Waals surface area contributed by atoms with Gasteiger partial charge in [-0.15, -0.1) is 0 Å². The minimum atomic E-state index is -4.40. The molecule has 2 rings (SSSR count). The van der Waals surface area contributed by atoms with Crippen LogP contribution in [0.1, 0.15) is 15.9 Å². The monoisotopic (exact) mass is 418 g/mol. The van der Waals surface area contributed by atoms with E-state index in [2.05, 4.69) is 5.32 Å². The molecular weight excluding hydrogens is 401 g/mol. The molecule has 0 spiro atoms. The summed E-state index contributed by atoms with van der Waals surface area (Å²) in [6.07, 6.45) is 0. The van der Waals surface area contributed by atoms with Gasteiger partial charge in [-0.2, -0.15) is 13.2 Å². The first-order valence-corrected chi connectivity index (χ1v) is 9.86. The van der Waals surface area contributed by atoms with Gasteiger partial charge in [0.2, 0.25) is 10.0 Å². The van der Waals surface area contributed by atoms with E-state index in [0.29, 0.717) is 11.3 Å². The van der Waals surface area contributed by atoms with E-state index in [1.807, 2.05) is 0 Å². The number of carbonyl (C=O) groups excluding carboxylic acids is 1. The molecule has 0 heterocycles. The van der Waals surface area contributed by atoms with Gasteiger partial charge in [-0.05, 0) is 60.6 Å². The number of benzene rings is 2. The van der Waals surface area contributed by atoms with Gasteiger partial charge in [0, 0.05) is 30.2 Å². The quantitative estimate of drug-likeness (QED) is 0.742. The van der Waals surface area contributed by atoms with Crippen LogP contribution in [0.2, 0.25) is 0 Å². The molecule has 5 nitrogen and oxygen atoms in total. The molecule has 10 heteroatoms. The van der Waals surface area contributed by atoms with Crippen molar-refractivity contribution in [3.05, 3.63) is 53.6 Å². The number of alkyl halides is 3. The second kappa shape index (κ2) is 7.91. The zero-order valence-corrected chi connectivity index (χ0v) is 16.3. The normalized spacial score (nSPS) is 12.3. The van der Waals surface area contributed by atoms with Crippen LogP contribution in [-0.2, 0) is 10.0 Å². The Morgan fingerprint density at radius 2 is 1.67 bits per heavy atom. The molecule has 0 saturated carbocycles. The molecule has 0 atom stereocenters. The summed E-state index contributed by atoms with van der Waals surface area (Å²) >= 11 is -0.268. The summed E-state index contributed by atoms with van der Waals surface area (Å²) in [7, 11) is -0.873. The van der Waals surface area contributed by atoms with Crippen molar-refractivity contribution in [2.45, 2.75) is 22.2 Å². The Labute approximate surface area is 159 Å². The molecule has 0 bridgehead atoms. The molecule has 0 radical (unpaired) electrons. The summed E-state index contributed by atoms with van der Waals surface area (Å²) < 4.78 is 62.6. The SMILES string of the molecule is Cc1ccc(S(=O)(=O)N(C)C)cc1NC(=O)c1ccc(SC(F)(F)F)cc1. The lowest BCUT2D eigenvalue weighted by atomic mass is 10.1. The van der Waals surface area contributed by atoms with Crippen molar-refractivity contribution in [1.82, 2.24) is 4.31 Å². The number of anilines is 1. The van der Waals surface area contributed by atoms with Gasteiger partial charge in [0.05, 0.1) is 4.90 Å². The average molecular weight is 418 g/mol. The van der Waals surface area contributed by atoms with Gasteiger partial charge < -0.3 is 5.32 Å². The fourth-order valence-electron chi connectivity index (χ4n) is 2.11. The first-order valence-electron chi connectivity index (χ1n) is 7.60. The molecule has 1 N–H and O–H groups in total. The molecule has 1 amide bonds. The number of rotatable bonds is 5. The fraction of sp³-hybridized carbons (Fsp3) is 0.235. The maximum absolute atomic E-state index is 12.4. The van der Waals surface area contributed by atoms with E-state index < -0.39 is 21.4 Å². The molecule has 0 saturated heterocycles. The second-order valence-electron chi connectivity index (χ2n) is 5.79. The van der Waals surface area contributed by atoms with Crippen LogP contribution in [0.4, 0.5) is 18.9 Å². The maximum Gasteiger partial charge on any atom is 0.446 e. The van der Waals surface area contributed by atoms with Crippen molar-refractivity contribution < 1.29 is 26.4 Å². The molecule has 0 unspecified atom stereocenters. The largest absolute Gasteiger partial charge is 0.446 e. The molecule has 0 aromatic heterocycles. The number of amides is 1. The minimum absolute atomic E-state index is 0.0188. The number of thioether (sulfide) groups is 1. The molecule has 0 aliphatic rings. The van der Waals surface area contributed by atoms with E-state index in [9.17, 15) is 26.4 Å². The van der Waals surface area contributed by atoms with Gasteiger partial charge in [-0.3, -0.25) is 4.79 Å². The highest BCUT2D eigenvalue weighted by atomic mass is 32.2. The summed E-state index contributed by atoms with van der Waals surface area (Å²) in [5.41, 5.74) is -3.30. The number of carbonyl (C=O) groups is 1. The van der Waals surface area contributed by atoms with Gasteiger partial charge in [-0.25, -0.2) is 12.7 Å². The molecule has 2 aromatic rings. The number of hydrogen-bond donors (Lipinski definition) is 1. The highest BCUT2D eigenvalue weighted by Gasteiger charge is 2.29. The second-order valence-corrected chi connectivity index (χ2v) is 9.08. The van der Waals surface area contributed by atoms with Gasteiger partial charge in [0.25, 0.3) is 5.91 Å². The Balaban J connectivity index is 2.23. The third kappa shape index (κ3) is 5.47. The minimum Gasteiger partial charge on any atom is -0.322 e. The maximum atomic E-state index is 12.4. The Hall–Kier alpha value is -2.04. The van der Waals surface area contributed by atoms with E-state index in [4.69, 9.17) is 0 Å². The van der Waals surface area contributed by atoms with Crippen LogP contribution < -0.4 is 5.32 Å². The van der Waals surface area contributed by atoms with Gasteiger partial charge in [-0.1, -0.05) is 6.07 Å². The lowest BCUT2D eigenvalue weighted by molar-refractivity contribution is -0.0328. The van der Waals surface area contributed by atoms with E-state index in [0.717, 1.165) is 4.31 Å². The first-order chi connectivity index (χ1) is 12.4. The zero-order chi connectivity index (χ0) is 20.4. The van der Waals surface area contributed by atoms with Gasteiger partial charge in [0.1, 0.15) is 0 Å². The predicted molar refractivity (Wildman–Crippen MR) is 98.4 cm³/mol. The topological polar surface area (TPSA) is 66.5 Å². The third-order valence-electron chi connectivity index (χ3n) is 3.59. The molecule has 0 aliphatic carbocycles. The number of aryl methyl sites for hydroxylation is 1. The zero-order valence-electron chi connectivity index (χ0n) is 14.7. The third-order valence-corrected chi connectivity index (χ3v) is 6.14. The summed E-state index contributed by atoms with van der Waals surface area (Å²) in [4.78, 5) is 12.3. The van der Waals surface area contributed by atoms with Crippen LogP contribution in [0.25, 0.3) is 0 Å². The predicted octanol–water partition coefficient (Wildman–Crippen LogP) is 4.11. The molecular formula is C17H17F3N2O3S2. The highest BCUT2D eigenvalue weighted by molar-refractivity contribution is 8.00. The van der Waals surface area contributed by atoms with Crippen molar-refractivity contribution in [2.24, 2.45) is 0 Å². The van der Waals surface area contributed by atoms with Crippen LogP contribution in [0.5, 0.6) is 0 Å². The van der Waals surface area contributed by atoms with Crippen molar-refractivity contribution in [2.75, 3.05) is 19.4 Å². The smallest absolute Gasteiger partial charge is 0.322 e. The summed E-state index contributed by atoms with van der Waals surface area (Å²) in [5, 5.41) is 2.59. The molecule has 0 aliphatic heterocycles. The van der Waals surface area contributed by atoms with Crippen LogP contribution in [0.3, 0.4) is 0 Å². The lowest BCUT2D eigenvalue weighted by Crippen LogP contribution is -2.22. The number of sulfonamides is 1. The van der Waals surface area contributed by atoms with Crippen LogP contribution in [0, 0.1) is 6.92 Å². The first kappa shape index (κ1) is 21.3. The van der Waals surface area contributed by atoms with E-state index in [-0.39, 0.29) is 27.1 Å². The van der Waals surface area contributed by atoms with Crippen molar-refractivity contribution in [3.8, 4) is 0 Å². The number of nitrogens with zero attached hydrogens (tertiary/aromatic N) is 1. The summed E-state index contributed by atoms with van der Waals surface area (Å²) in [6.45, 7) is 1.70. The van der Waals surface area contributed by atoms with Gasteiger partial charge in [0.15, 0.2) is 0 Å². The van der Waals surface area contributed by atoms with E-state index >= 15 is 0 Å². The highest BCUT2D eigenvalue weighted by Crippen LogP contribution is 2.36. The molecule has 2 aromatic carbocycles. The average Bonchev–Trinajstić information content (AvgIpc) is 2.55. The van der Waals surface area contributed by atoms with Crippen LogP contribution >= 0.6 is 11.8 Å².